The van der Waals surface area contributed by atoms with Gasteiger partial charge in [0.15, 0.2) is 0 Å². The smallest absolute Gasteiger partial charge is 0.317 e. The Morgan fingerprint density at radius 2 is 2.19 bits per heavy atom. The summed E-state index contributed by atoms with van der Waals surface area (Å²) in [5, 5.41) is 2.91. The number of nitrogens with one attached hydrogen (secondary N) is 1. The molecule has 90 valence electrons. The van der Waals surface area contributed by atoms with Crippen molar-refractivity contribution in [1.29, 1.82) is 0 Å². The molecule has 0 saturated heterocycles. The van der Waals surface area contributed by atoms with Gasteiger partial charge in [0.25, 0.3) is 0 Å². The third kappa shape index (κ3) is 4.38. The van der Waals surface area contributed by atoms with Crippen molar-refractivity contribution in [3.8, 4) is 0 Å². The second kappa shape index (κ2) is 5.05. The molecular formula is C12H20N2O2. The molecule has 0 aliphatic rings. The molecule has 4 nitrogen and oxygen atoms in total. The summed E-state index contributed by atoms with van der Waals surface area (Å²) in [6.45, 7) is 6.54. The van der Waals surface area contributed by atoms with Crippen LogP contribution in [0.1, 0.15) is 26.5 Å². The fourth-order valence-electron chi connectivity index (χ4n) is 1.25. The molecule has 0 saturated carbocycles. The number of nitrogens with zero attached hydrogens (tertiary/aromatic N) is 1. The summed E-state index contributed by atoms with van der Waals surface area (Å²) in [6.07, 6.45) is 2.38. The predicted octanol–water partition coefficient (Wildman–Crippen LogP) is 2.26. The quantitative estimate of drug-likeness (QED) is 0.856. The molecule has 2 amide bonds. The molecule has 0 aliphatic heterocycles. The van der Waals surface area contributed by atoms with Crippen molar-refractivity contribution in [2.45, 2.75) is 32.7 Å². The normalized spacial score (nSPS) is 11.2. The lowest BCUT2D eigenvalue weighted by molar-refractivity contribution is 0.199. The van der Waals surface area contributed by atoms with Crippen LogP contribution in [-0.2, 0) is 6.42 Å². The van der Waals surface area contributed by atoms with Crippen LogP contribution in [0.25, 0.3) is 0 Å². The van der Waals surface area contributed by atoms with E-state index < -0.39 is 0 Å². The highest BCUT2D eigenvalue weighted by Crippen LogP contribution is 2.03. The monoisotopic (exact) mass is 224 g/mol. The van der Waals surface area contributed by atoms with Crippen LogP contribution < -0.4 is 5.32 Å². The van der Waals surface area contributed by atoms with Crippen LogP contribution in [-0.4, -0.2) is 30.1 Å². The Morgan fingerprint density at radius 1 is 1.50 bits per heavy atom. The summed E-state index contributed by atoms with van der Waals surface area (Å²) in [5.74, 6) is 0.899. The van der Waals surface area contributed by atoms with Crippen molar-refractivity contribution in [3.05, 3.63) is 24.2 Å². The number of hydrogen-bond acceptors (Lipinski definition) is 2. The van der Waals surface area contributed by atoms with Gasteiger partial charge in [0, 0.05) is 25.6 Å². The van der Waals surface area contributed by atoms with Gasteiger partial charge in [0.1, 0.15) is 5.76 Å². The maximum absolute atomic E-state index is 11.7. The van der Waals surface area contributed by atoms with E-state index in [1.807, 2.05) is 32.9 Å². The van der Waals surface area contributed by atoms with E-state index in [0.29, 0.717) is 6.54 Å². The molecule has 0 spiro atoms. The van der Waals surface area contributed by atoms with Crippen LogP contribution in [0.3, 0.4) is 0 Å². The highest BCUT2D eigenvalue weighted by molar-refractivity contribution is 5.74. The summed E-state index contributed by atoms with van der Waals surface area (Å²) in [7, 11) is 1.78. The Hall–Kier alpha value is -1.45. The zero-order chi connectivity index (χ0) is 12.2. The molecule has 0 aliphatic carbocycles. The van der Waals surface area contributed by atoms with E-state index in [0.717, 1.165) is 12.2 Å². The number of rotatable bonds is 3. The Labute approximate surface area is 96.6 Å². The first-order valence-corrected chi connectivity index (χ1v) is 5.44. The fraction of sp³-hybridized carbons (Fsp3) is 0.583. The Balaban J connectivity index is 2.35. The van der Waals surface area contributed by atoms with Crippen molar-refractivity contribution in [2.75, 3.05) is 13.6 Å². The molecule has 1 N–H and O–H groups in total. The van der Waals surface area contributed by atoms with Crippen molar-refractivity contribution >= 4 is 6.03 Å². The minimum absolute atomic E-state index is 0.0564. The van der Waals surface area contributed by atoms with Gasteiger partial charge < -0.3 is 14.6 Å². The van der Waals surface area contributed by atoms with E-state index in [4.69, 9.17) is 4.42 Å². The van der Waals surface area contributed by atoms with Gasteiger partial charge in [-0.05, 0) is 32.9 Å². The van der Waals surface area contributed by atoms with E-state index in [1.54, 1.807) is 18.2 Å². The number of urea groups is 1. The van der Waals surface area contributed by atoms with Crippen molar-refractivity contribution < 1.29 is 9.21 Å². The molecule has 16 heavy (non-hydrogen) atoms. The number of carbonyl (C=O) groups excluding carboxylic acids is 1. The molecule has 0 aromatic carbocycles. The first kappa shape index (κ1) is 12.6. The van der Waals surface area contributed by atoms with E-state index in [1.165, 1.54) is 0 Å². The molecule has 0 unspecified atom stereocenters. The zero-order valence-electron chi connectivity index (χ0n) is 10.4. The Bertz CT molecular complexity index is 325. The molecule has 0 radical (unpaired) electrons. The average Bonchev–Trinajstić information content (AvgIpc) is 2.63. The maximum Gasteiger partial charge on any atom is 0.317 e. The standard InChI is InChI=1S/C12H20N2O2/c1-12(2,3)13-11(15)14(4)8-7-10-6-5-9-16-10/h5-6,9H,7-8H2,1-4H3,(H,13,15). The molecule has 1 rings (SSSR count). The lowest BCUT2D eigenvalue weighted by Crippen LogP contribution is -2.47. The number of carbonyl (C=O) groups is 1. The molecule has 4 heteroatoms. The van der Waals surface area contributed by atoms with Crippen molar-refractivity contribution in [2.24, 2.45) is 0 Å². The van der Waals surface area contributed by atoms with Gasteiger partial charge in [-0.15, -0.1) is 0 Å². The third-order valence-corrected chi connectivity index (χ3v) is 2.10. The van der Waals surface area contributed by atoms with Crippen molar-refractivity contribution in [3.63, 3.8) is 0 Å². The summed E-state index contributed by atoms with van der Waals surface area (Å²) in [5.41, 5.74) is -0.198. The number of hydrogen-bond donors (Lipinski definition) is 1. The lowest BCUT2D eigenvalue weighted by atomic mass is 10.1. The highest BCUT2D eigenvalue weighted by Gasteiger charge is 2.16. The second-order valence-electron chi connectivity index (χ2n) is 4.93. The van der Waals surface area contributed by atoms with Gasteiger partial charge in [0.2, 0.25) is 0 Å². The van der Waals surface area contributed by atoms with Gasteiger partial charge in [-0.25, -0.2) is 4.79 Å². The first-order valence-electron chi connectivity index (χ1n) is 5.44. The molecular weight excluding hydrogens is 204 g/mol. The fourth-order valence-corrected chi connectivity index (χ4v) is 1.25. The van der Waals surface area contributed by atoms with Gasteiger partial charge in [-0.2, -0.15) is 0 Å². The molecule has 0 atom stereocenters. The Morgan fingerprint density at radius 3 is 2.69 bits per heavy atom. The second-order valence-corrected chi connectivity index (χ2v) is 4.93. The molecule has 1 heterocycles. The highest BCUT2D eigenvalue weighted by atomic mass is 16.3. The van der Waals surface area contributed by atoms with E-state index >= 15 is 0 Å². The summed E-state index contributed by atoms with van der Waals surface area (Å²) in [6, 6.07) is 3.71. The van der Waals surface area contributed by atoms with Crippen LogP contribution in [0.2, 0.25) is 0 Å². The van der Waals surface area contributed by atoms with E-state index in [2.05, 4.69) is 5.32 Å². The largest absolute Gasteiger partial charge is 0.469 e. The minimum atomic E-state index is -0.198. The van der Waals surface area contributed by atoms with Crippen LogP contribution in [0.5, 0.6) is 0 Å². The molecule has 0 fully saturated rings. The predicted molar refractivity (Wildman–Crippen MR) is 63.3 cm³/mol. The average molecular weight is 224 g/mol. The number of amides is 2. The zero-order valence-corrected chi connectivity index (χ0v) is 10.4. The van der Waals surface area contributed by atoms with E-state index in [9.17, 15) is 4.79 Å². The van der Waals surface area contributed by atoms with Gasteiger partial charge in [-0.3, -0.25) is 0 Å². The van der Waals surface area contributed by atoms with Crippen molar-refractivity contribution in [1.82, 2.24) is 10.2 Å². The van der Waals surface area contributed by atoms with Gasteiger partial charge in [-0.1, -0.05) is 0 Å². The molecule has 0 bridgehead atoms. The lowest BCUT2D eigenvalue weighted by Gasteiger charge is -2.25. The first-order chi connectivity index (χ1) is 7.38. The molecule has 1 aromatic rings. The summed E-state index contributed by atoms with van der Waals surface area (Å²) >= 11 is 0. The molecule has 1 aromatic heterocycles. The number of furan rings is 1. The summed E-state index contributed by atoms with van der Waals surface area (Å²) in [4.78, 5) is 13.4. The Kier molecular flexibility index (Phi) is 3.99. The van der Waals surface area contributed by atoms with Crippen LogP contribution in [0.4, 0.5) is 4.79 Å². The SMILES string of the molecule is CN(CCc1ccco1)C(=O)NC(C)(C)C. The van der Waals surface area contributed by atoms with Crippen LogP contribution in [0, 0.1) is 0 Å². The number of likely N-dealkylation sites (N-methyl/N-ethyl adjacent to an activating group) is 1. The minimum Gasteiger partial charge on any atom is -0.469 e. The van der Waals surface area contributed by atoms with Gasteiger partial charge in [0.05, 0.1) is 6.26 Å². The topological polar surface area (TPSA) is 45.5 Å². The third-order valence-electron chi connectivity index (χ3n) is 2.10. The van der Waals surface area contributed by atoms with Crippen LogP contribution >= 0.6 is 0 Å². The van der Waals surface area contributed by atoms with Crippen LogP contribution in [0.15, 0.2) is 22.8 Å². The van der Waals surface area contributed by atoms with E-state index in [-0.39, 0.29) is 11.6 Å². The maximum atomic E-state index is 11.7. The summed E-state index contributed by atoms with van der Waals surface area (Å²) < 4.78 is 5.21. The van der Waals surface area contributed by atoms with Gasteiger partial charge >= 0.3 is 6.03 Å².